The monoisotopic (exact) mass is 407 g/mol. The van der Waals surface area contributed by atoms with Crippen LogP contribution in [0.4, 0.5) is 5.82 Å². The molecule has 4 aromatic rings. The van der Waals surface area contributed by atoms with Crippen molar-refractivity contribution in [1.29, 1.82) is 0 Å². The summed E-state index contributed by atoms with van der Waals surface area (Å²) in [6.07, 6.45) is 0.810. The van der Waals surface area contributed by atoms with Crippen molar-refractivity contribution in [2.75, 3.05) is 31.1 Å². The van der Waals surface area contributed by atoms with Crippen LogP contribution in [0.2, 0.25) is 5.02 Å². The number of aromatic nitrogens is 2. The van der Waals surface area contributed by atoms with E-state index in [9.17, 15) is 0 Å². The van der Waals surface area contributed by atoms with E-state index in [1.807, 2.05) is 30.3 Å². The summed E-state index contributed by atoms with van der Waals surface area (Å²) in [4.78, 5) is 13.6. The number of benzene rings is 2. The van der Waals surface area contributed by atoms with Crippen molar-refractivity contribution >= 4 is 39.5 Å². The first-order chi connectivity index (χ1) is 14.2. The van der Waals surface area contributed by atoms with Crippen LogP contribution in [0.15, 0.2) is 52.9 Å². The summed E-state index contributed by atoms with van der Waals surface area (Å²) >= 11 is 6.01. The lowest BCUT2D eigenvalue weighted by Gasteiger charge is -2.33. The third-order valence-electron chi connectivity index (χ3n) is 5.70. The van der Waals surface area contributed by atoms with Crippen molar-refractivity contribution in [2.24, 2.45) is 0 Å². The Morgan fingerprint density at radius 1 is 1.03 bits per heavy atom. The van der Waals surface area contributed by atoms with Gasteiger partial charge in [0.05, 0.1) is 26.2 Å². The summed E-state index contributed by atoms with van der Waals surface area (Å²) in [5.41, 5.74) is 3.94. The van der Waals surface area contributed by atoms with E-state index in [1.165, 1.54) is 5.56 Å². The third-order valence-corrected chi connectivity index (χ3v) is 5.95. The standard InChI is InChI=1S/C23H23ClN4O/c1-2-20-25-21-18-5-3-4-6-19(18)29-22(21)23(26-20)28-13-11-27(12-14-28)15-16-7-9-17(24)10-8-16/h3-10H,2,11-15H2,1H3/p+1. The first-order valence-corrected chi connectivity index (χ1v) is 10.6. The zero-order valence-electron chi connectivity index (χ0n) is 16.5. The van der Waals surface area contributed by atoms with Gasteiger partial charge in [-0.05, 0) is 24.3 Å². The van der Waals surface area contributed by atoms with Gasteiger partial charge >= 0.3 is 0 Å². The van der Waals surface area contributed by atoms with Gasteiger partial charge in [0, 0.05) is 22.4 Å². The van der Waals surface area contributed by atoms with Gasteiger partial charge in [0.2, 0.25) is 0 Å². The van der Waals surface area contributed by atoms with Crippen LogP contribution in [-0.4, -0.2) is 36.1 Å². The van der Waals surface area contributed by atoms with Crippen LogP contribution in [0.1, 0.15) is 18.3 Å². The number of halogens is 1. The molecule has 2 aromatic carbocycles. The van der Waals surface area contributed by atoms with Crippen molar-refractivity contribution in [3.63, 3.8) is 0 Å². The molecule has 0 unspecified atom stereocenters. The summed E-state index contributed by atoms with van der Waals surface area (Å²) in [6, 6.07) is 16.3. The zero-order chi connectivity index (χ0) is 19.8. The van der Waals surface area contributed by atoms with Gasteiger partial charge in [-0.1, -0.05) is 42.8 Å². The fourth-order valence-corrected chi connectivity index (χ4v) is 4.22. The van der Waals surface area contributed by atoms with Crippen LogP contribution in [0.25, 0.3) is 22.1 Å². The Morgan fingerprint density at radius 3 is 2.55 bits per heavy atom. The maximum Gasteiger partial charge on any atom is 0.196 e. The van der Waals surface area contributed by atoms with Crippen molar-refractivity contribution < 1.29 is 9.32 Å². The Kier molecular flexibility index (Phi) is 4.86. The lowest BCUT2D eigenvalue weighted by molar-refractivity contribution is -0.914. The number of nitrogens with one attached hydrogen (secondary N) is 1. The highest BCUT2D eigenvalue weighted by atomic mass is 35.5. The molecular weight excluding hydrogens is 384 g/mol. The summed E-state index contributed by atoms with van der Waals surface area (Å²) in [6.45, 7) is 7.16. The number of aryl methyl sites for hydroxylation is 1. The molecule has 0 aliphatic carbocycles. The molecule has 5 rings (SSSR count). The average Bonchev–Trinajstić information content (AvgIpc) is 3.14. The van der Waals surface area contributed by atoms with Gasteiger partial charge in [-0.2, -0.15) is 0 Å². The van der Waals surface area contributed by atoms with Gasteiger partial charge in [-0.25, -0.2) is 9.97 Å². The summed E-state index contributed by atoms with van der Waals surface area (Å²) in [5, 5.41) is 1.85. The number of hydrogen-bond acceptors (Lipinski definition) is 4. The lowest BCUT2D eigenvalue weighted by Crippen LogP contribution is -3.13. The number of hydrogen-bond donors (Lipinski definition) is 1. The molecule has 6 heteroatoms. The predicted molar refractivity (Wildman–Crippen MR) is 117 cm³/mol. The van der Waals surface area contributed by atoms with E-state index in [0.29, 0.717) is 0 Å². The fraction of sp³-hybridized carbons (Fsp3) is 0.304. The van der Waals surface area contributed by atoms with E-state index in [1.54, 1.807) is 4.90 Å². The second kappa shape index (κ2) is 7.65. The fourth-order valence-electron chi connectivity index (χ4n) is 4.10. The van der Waals surface area contributed by atoms with E-state index >= 15 is 0 Å². The number of fused-ring (bicyclic) bond motifs is 3. The number of quaternary nitrogens is 1. The van der Waals surface area contributed by atoms with Crippen LogP contribution >= 0.6 is 11.6 Å². The average molecular weight is 408 g/mol. The first-order valence-electron chi connectivity index (χ1n) is 10.2. The van der Waals surface area contributed by atoms with Gasteiger partial charge in [0.15, 0.2) is 11.4 Å². The van der Waals surface area contributed by atoms with E-state index in [2.05, 4.69) is 30.0 Å². The minimum Gasteiger partial charge on any atom is -0.450 e. The maximum absolute atomic E-state index is 6.18. The van der Waals surface area contributed by atoms with Crippen molar-refractivity contribution in [1.82, 2.24) is 9.97 Å². The minimum absolute atomic E-state index is 0.791. The highest BCUT2D eigenvalue weighted by Gasteiger charge is 2.25. The van der Waals surface area contributed by atoms with Crippen LogP contribution < -0.4 is 9.80 Å². The molecule has 3 heterocycles. The van der Waals surface area contributed by atoms with Crippen LogP contribution in [-0.2, 0) is 13.0 Å². The first kappa shape index (κ1) is 18.4. The minimum atomic E-state index is 0.791. The smallest absolute Gasteiger partial charge is 0.196 e. The van der Waals surface area contributed by atoms with Gasteiger partial charge in [0.25, 0.3) is 0 Å². The molecule has 0 saturated carbocycles. The number of piperazine rings is 1. The van der Waals surface area contributed by atoms with Gasteiger partial charge in [-0.15, -0.1) is 0 Å². The molecule has 1 aliphatic rings. The largest absolute Gasteiger partial charge is 0.450 e. The number of para-hydroxylation sites is 1. The molecule has 1 N–H and O–H groups in total. The van der Waals surface area contributed by atoms with Crippen LogP contribution in [0, 0.1) is 0 Å². The second-order valence-corrected chi connectivity index (χ2v) is 8.07. The van der Waals surface area contributed by atoms with E-state index < -0.39 is 0 Å². The van der Waals surface area contributed by atoms with E-state index in [0.717, 1.165) is 77.9 Å². The number of furan rings is 1. The lowest BCUT2D eigenvalue weighted by atomic mass is 10.2. The molecule has 1 saturated heterocycles. The maximum atomic E-state index is 6.18. The summed E-state index contributed by atoms with van der Waals surface area (Å²) in [5.74, 6) is 1.81. The Labute approximate surface area is 174 Å². The number of rotatable bonds is 4. The SMILES string of the molecule is CCc1nc(N2CC[NH+](Cc3ccc(Cl)cc3)CC2)c2oc3ccccc3c2n1. The van der Waals surface area contributed by atoms with Gasteiger partial charge in [-0.3, -0.25) is 0 Å². The van der Waals surface area contributed by atoms with Gasteiger partial charge < -0.3 is 14.2 Å². The summed E-state index contributed by atoms with van der Waals surface area (Å²) < 4.78 is 6.18. The second-order valence-electron chi connectivity index (χ2n) is 7.63. The van der Waals surface area contributed by atoms with Gasteiger partial charge in [0.1, 0.15) is 23.5 Å². The molecule has 0 atom stereocenters. The van der Waals surface area contributed by atoms with Crippen molar-refractivity contribution in [2.45, 2.75) is 19.9 Å². The van der Waals surface area contributed by atoms with E-state index in [4.69, 9.17) is 26.0 Å². The molecule has 148 valence electrons. The number of anilines is 1. The number of nitrogens with zero attached hydrogens (tertiary/aromatic N) is 3. The highest BCUT2D eigenvalue weighted by Crippen LogP contribution is 2.33. The molecule has 1 fully saturated rings. The molecule has 2 aromatic heterocycles. The topological polar surface area (TPSA) is 46.6 Å². The molecule has 0 amide bonds. The zero-order valence-corrected chi connectivity index (χ0v) is 17.2. The third kappa shape index (κ3) is 3.56. The quantitative estimate of drug-likeness (QED) is 0.562. The van der Waals surface area contributed by atoms with Crippen molar-refractivity contribution in [3.05, 3.63) is 64.9 Å². The summed E-state index contributed by atoms with van der Waals surface area (Å²) in [7, 11) is 0. The van der Waals surface area contributed by atoms with Crippen LogP contribution in [0.5, 0.6) is 0 Å². The molecule has 0 bridgehead atoms. The van der Waals surface area contributed by atoms with E-state index in [-0.39, 0.29) is 0 Å². The molecule has 1 aliphatic heterocycles. The normalized spacial score (nSPS) is 15.4. The molecule has 29 heavy (non-hydrogen) atoms. The molecule has 0 radical (unpaired) electrons. The van der Waals surface area contributed by atoms with Crippen molar-refractivity contribution in [3.8, 4) is 0 Å². The highest BCUT2D eigenvalue weighted by molar-refractivity contribution is 6.30. The Balaban J connectivity index is 1.40. The predicted octanol–water partition coefficient (Wildman–Crippen LogP) is 3.50. The molecular formula is C23H24ClN4O+. The van der Waals surface area contributed by atoms with Crippen LogP contribution in [0.3, 0.4) is 0 Å². The molecule has 5 nitrogen and oxygen atoms in total. The molecule has 0 spiro atoms. The Bertz CT molecular complexity index is 1150. The Hall–Kier alpha value is -2.63. The Morgan fingerprint density at radius 2 is 1.79 bits per heavy atom.